The van der Waals surface area contributed by atoms with Crippen LogP contribution in [0.4, 0.5) is 0 Å². The number of aliphatic carboxylic acids is 1. The quantitative estimate of drug-likeness (QED) is 0.467. The van der Waals surface area contributed by atoms with Crippen LogP contribution in [0, 0.1) is 0 Å². The summed E-state index contributed by atoms with van der Waals surface area (Å²) in [6.07, 6.45) is -0.115. The van der Waals surface area contributed by atoms with Crippen molar-refractivity contribution in [1.29, 1.82) is 0 Å². The van der Waals surface area contributed by atoms with E-state index in [0.717, 1.165) is 11.1 Å². The second-order valence-corrected chi connectivity index (χ2v) is 5.61. The Morgan fingerprint density at radius 1 is 0.962 bits per heavy atom. The molecule has 0 saturated heterocycles. The first-order valence-electron chi connectivity index (χ1n) is 8.31. The third-order valence-electron chi connectivity index (χ3n) is 3.64. The van der Waals surface area contributed by atoms with E-state index >= 15 is 0 Å². The highest BCUT2D eigenvalue weighted by molar-refractivity contribution is 6.14. The van der Waals surface area contributed by atoms with Gasteiger partial charge in [0.05, 0.1) is 18.7 Å². The van der Waals surface area contributed by atoms with E-state index in [1.54, 1.807) is 13.8 Å². The molecule has 2 rings (SSSR count). The molecule has 0 radical (unpaired) electrons. The van der Waals surface area contributed by atoms with Crippen LogP contribution in [0.2, 0.25) is 0 Å². The molecule has 0 aliphatic carbocycles. The predicted molar refractivity (Wildman–Crippen MR) is 100 cm³/mol. The summed E-state index contributed by atoms with van der Waals surface area (Å²) in [5.74, 6) is -1.66. The third kappa shape index (κ3) is 5.14. The molecule has 2 aromatic carbocycles. The summed E-state index contributed by atoms with van der Waals surface area (Å²) in [6.45, 7) is 3.53. The van der Waals surface area contributed by atoms with Gasteiger partial charge in [0.15, 0.2) is 0 Å². The first-order chi connectivity index (χ1) is 12.5. The number of carboxylic acids is 1. The van der Waals surface area contributed by atoms with Gasteiger partial charge in [-0.05, 0) is 19.4 Å². The molecule has 0 unspecified atom stereocenters. The molecule has 0 atom stereocenters. The average molecular weight is 351 g/mol. The van der Waals surface area contributed by atoms with Crippen LogP contribution in [0.3, 0.4) is 0 Å². The third-order valence-corrected chi connectivity index (χ3v) is 3.64. The number of carbonyl (C=O) groups excluding carboxylic acids is 1. The molecule has 0 aromatic heterocycles. The van der Waals surface area contributed by atoms with Gasteiger partial charge in [0.25, 0.3) is 0 Å². The molecule has 0 spiro atoms. The Hall–Kier alpha value is -3.21. The minimum Gasteiger partial charge on any atom is -0.477 e. The Labute approximate surface area is 152 Å². The molecule has 0 aliphatic heterocycles. The molecule has 2 aromatic rings. The van der Waals surface area contributed by atoms with Gasteiger partial charge in [-0.3, -0.25) is 4.79 Å². The highest BCUT2D eigenvalue weighted by Gasteiger charge is 2.17. The fraction of sp³-hybridized carbons (Fsp3) is 0.190. The molecule has 5 heteroatoms. The lowest BCUT2D eigenvalue weighted by Crippen LogP contribution is -2.11. The predicted octanol–water partition coefficient (Wildman–Crippen LogP) is 3.84. The van der Waals surface area contributed by atoms with Crippen LogP contribution < -0.4 is 0 Å². The normalized spacial score (nSPS) is 11.3. The molecular formula is C21H21NO4. The van der Waals surface area contributed by atoms with Crippen molar-refractivity contribution in [3.63, 3.8) is 0 Å². The van der Waals surface area contributed by atoms with Crippen LogP contribution in [0.1, 0.15) is 31.4 Å². The van der Waals surface area contributed by atoms with E-state index in [9.17, 15) is 14.7 Å². The zero-order valence-corrected chi connectivity index (χ0v) is 14.8. The van der Waals surface area contributed by atoms with E-state index in [-0.39, 0.29) is 18.7 Å². The van der Waals surface area contributed by atoms with Crippen molar-refractivity contribution in [1.82, 2.24) is 0 Å². The van der Waals surface area contributed by atoms with Crippen LogP contribution in [0.15, 0.2) is 76.9 Å². The summed E-state index contributed by atoms with van der Waals surface area (Å²) in [5, 5.41) is 9.61. The number of rotatable bonds is 7. The summed E-state index contributed by atoms with van der Waals surface area (Å²) < 4.78 is 4.90. The smallest absolute Gasteiger partial charge is 0.354 e. The van der Waals surface area contributed by atoms with Gasteiger partial charge in [0.2, 0.25) is 0 Å². The maximum Gasteiger partial charge on any atom is 0.354 e. The van der Waals surface area contributed by atoms with Crippen molar-refractivity contribution in [3.8, 4) is 0 Å². The van der Waals surface area contributed by atoms with Crippen molar-refractivity contribution >= 4 is 17.7 Å². The molecule has 0 aliphatic rings. The first kappa shape index (κ1) is 19.1. The van der Waals surface area contributed by atoms with Gasteiger partial charge in [0.1, 0.15) is 5.70 Å². The standard InChI is InChI=1S/C21H21NO4/c1-3-26-18(23)14-15(2)19(21(24)25)22-20(16-10-6-4-7-11-16)17-12-8-5-9-13-17/h4-13H,3,14H2,1-2H3,(H,24,25)/b19-15-. The van der Waals surface area contributed by atoms with Crippen LogP contribution in [0.25, 0.3) is 0 Å². The first-order valence-corrected chi connectivity index (χ1v) is 8.31. The van der Waals surface area contributed by atoms with Crippen LogP contribution >= 0.6 is 0 Å². The lowest BCUT2D eigenvalue weighted by molar-refractivity contribution is -0.142. The molecular weight excluding hydrogens is 330 g/mol. The fourth-order valence-electron chi connectivity index (χ4n) is 2.44. The highest BCUT2D eigenvalue weighted by Crippen LogP contribution is 2.17. The van der Waals surface area contributed by atoms with Crippen molar-refractivity contribution < 1.29 is 19.4 Å². The van der Waals surface area contributed by atoms with Crippen LogP contribution in [-0.4, -0.2) is 29.4 Å². The lowest BCUT2D eigenvalue weighted by atomic mass is 10.0. The monoisotopic (exact) mass is 351 g/mol. The number of carboxylic acid groups (broad SMARTS) is 1. The van der Waals surface area contributed by atoms with Crippen molar-refractivity contribution in [2.24, 2.45) is 4.99 Å². The Kier molecular flexibility index (Phi) is 6.85. The molecule has 0 saturated carbocycles. The number of nitrogens with zero attached hydrogens (tertiary/aromatic N) is 1. The van der Waals surface area contributed by atoms with Crippen LogP contribution in [0.5, 0.6) is 0 Å². The number of aliphatic imine (C=N–C) groups is 1. The minimum absolute atomic E-state index is 0.115. The minimum atomic E-state index is -1.18. The number of hydrogen-bond donors (Lipinski definition) is 1. The Morgan fingerprint density at radius 2 is 1.46 bits per heavy atom. The van der Waals surface area contributed by atoms with E-state index in [0.29, 0.717) is 11.3 Å². The van der Waals surface area contributed by atoms with Gasteiger partial charge in [0, 0.05) is 11.1 Å². The van der Waals surface area contributed by atoms with E-state index in [2.05, 4.69) is 4.99 Å². The molecule has 0 amide bonds. The van der Waals surface area contributed by atoms with Gasteiger partial charge in [-0.25, -0.2) is 9.79 Å². The fourth-order valence-corrected chi connectivity index (χ4v) is 2.44. The highest BCUT2D eigenvalue weighted by atomic mass is 16.5. The molecule has 0 fully saturated rings. The van der Waals surface area contributed by atoms with Gasteiger partial charge in [-0.2, -0.15) is 0 Å². The van der Waals surface area contributed by atoms with Crippen molar-refractivity contribution in [2.75, 3.05) is 6.61 Å². The molecule has 0 heterocycles. The summed E-state index contributed by atoms with van der Waals surface area (Å²) in [7, 11) is 0. The Morgan fingerprint density at radius 3 is 1.88 bits per heavy atom. The summed E-state index contributed by atoms with van der Waals surface area (Å²) in [4.78, 5) is 27.9. The van der Waals surface area contributed by atoms with Gasteiger partial charge in [-0.15, -0.1) is 0 Å². The van der Waals surface area contributed by atoms with E-state index in [1.807, 2.05) is 60.7 Å². The zero-order valence-electron chi connectivity index (χ0n) is 14.8. The number of carbonyl (C=O) groups is 2. The van der Waals surface area contributed by atoms with E-state index in [1.165, 1.54) is 0 Å². The SMILES string of the molecule is CCOC(=O)C/C(C)=C(\N=C(c1ccccc1)c1ccccc1)C(=O)O. The van der Waals surface area contributed by atoms with Crippen molar-refractivity contribution in [2.45, 2.75) is 20.3 Å². The van der Waals surface area contributed by atoms with Crippen LogP contribution in [-0.2, 0) is 14.3 Å². The maximum atomic E-state index is 11.8. The largest absolute Gasteiger partial charge is 0.477 e. The van der Waals surface area contributed by atoms with Crippen molar-refractivity contribution in [3.05, 3.63) is 83.1 Å². The second kappa shape index (κ2) is 9.32. The lowest BCUT2D eigenvalue weighted by Gasteiger charge is -2.10. The number of hydrogen-bond acceptors (Lipinski definition) is 4. The Balaban J connectivity index is 2.55. The summed E-state index contributed by atoms with van der Waals surface area (Å²) in [5.41, 5.74) is 2.32. The number of esters is 1. The molecule has 134 valence electrons. The molecule has 26 heavy (non-hydrogen) atoms. The van der Waals surface area contributed by atoms with Gasteiger partial charge >= 0.3 is 11.9 Å². The van der Waals surface area contributed by atoms with E-state index < -0.39 is 11.9 Å². The summed E-state index contributed by atoms with van der Waals surface area (Å²) >= 11 is 0. The Bertz CT molecular complexity index is 782. The zero-order chi connectivity index (χ0) is 18.9. The topological polar surface area (TPSA) is 76.0 Å². The average Bonchev–Trinajstić information content (AvgIpc) is 2.63. The van der Waals surface area contributed by atoms with E-state index in [4.69, 9.17) is 4.74 Å². The number of ether oxygens (including phenoxy) is 1. The second-order valence-electron chi connectivity index (χ2n) is 5.61. The molecule has 5 nitrogen and oxygen atoms in total. The number of benzene rings is 2. The van der Waals surface area contributed by atoms with Gasteiger partial charge < -0.3 is 9.84 Å². The maximum absolute atomic E-state index is 11.8. The summed E-state index contributed by atoms with van der Waals surface area (Å²) in [6, 6.07) is 18.7. The van der Waals surface area contributed by atoms with Gasteiger partial charge in [-0.1, -0.05) is 60.7 Å². The molecule has 0 bridgehead atoms. The molecule has 1 N–H and O–H groups in total.